The van der Waals surface area contributed by atoms with Crippen molar-refractivity contribution < 1.29 is 4.39 Å². The van der Waals surface area contributed by atoms with E-state index in [2.05, 4.69) is 52.0 Å². The highest BCUT2D eigenvalue weighted by Gasteiger charge is 2.16. The Morgan fingerprint density at radius 3 is 1.75 bits per heavy atom. The molecule has 0 fully saturated rings. The topological polar surface area (TPSA) is 0 Å². The summed E-state index contributed by atoms with van der Waals surface area (Å²) in [5.74, 6) is 0.362. The summed E-state index contributed by atoms with van der Waals surface area (Å²) in [7, 11) is 0. The maximum Gasteiger partial charge on any atom is 0.123 e. The second-order valence-corrected chi connectivity index (χ2v) is 6.79. The Balaban J connectivity index is 2.16. The average molecular weight is 270 g/mol. The molecular formula is C19H23F. The van der Waals surface area contributed by atoms with Gasteiger partial charge in [0.2, 0.25) is 0 Å². The van der Waals surface area contributed by atoms with E-state index in [1.807, 2.05) is 12.1 Å². The van der Waals surface area contributed by atoms with Crippen LogP contribution in [0.2, 0.25) is 0 Å². The van der Waals surface area contributed by atoms with Crippen molar-refractivity contribution in [3.63, 3.8) is 0 Å². The lowest BCUT2D eigenvalue weighted by Crippen LogP contribution is -2.09. The molecule has 0 aliphatic heterocycles. The fourth-order valence-corrected chi connectivity index (χ4v) is 2.68. The van der Waals surface area contributed by atoms with Crippen LogP contribution in [-0.2, 0) is 0 Å². The molecule has 106 valence electrons. The zero-order valence-electron chi connectivity index (χ0n) is 12.8. The van der Waals surface area contributed by atoms with Crippen molar-refractivity contribution in [1.29, 1.82) is 0 Å². The van der Waals surface area contributed by atoms with E-state index in [-0.39, 0.29) is 5.82 Å². The van der Waals surface area contributed by atoms with Crippen molar-refractivity contribution >= 4 is 0 Å². The third kappa shape index (κ3) is 3.93. The Bertz CT molecular complexity index is 544. The standard InChI is InChI=1S/C19H23F/c1-14(13-19(2,3)4)15-5-7-16(8-6-15)17-9-11-18(20)12-10-17/h5-12,14H,13H2,1-4H3. The Kier molecular flexibility index (Phi) is 4.27. The Labute approximate surface area is 121 Å². The number of hydrogen-bond acceptors (Lipinski definition) is 0. The van der Waals surface area contributed by atoms with Crippen LogP contribution in [0.1, 0.15) is 45.6 Å². The van der Waals surface area contributed by atoms with E-state index < -0.39 is 0 Å². The van der Waals surface area contributed by atoms with Gasteiger partial charge in [0, 0.05) is 0 Å². The predicted octanol–water partition coefficient (Wildman–Crippen LogP) is 6.03. The Hall–Kier alpha value is -1.63. The Morgan fingerprint density at radius 1 is 0.850 bits per heavy atom. The highest BCUT2D eigenvalue weighted by Crippen LogP contribution is 2.31. The summed E-state index contributed by atoms with van der Waals surface area (Å²) in [6.07, 6.45) is 1.17. The molecule has 0 spiro atoms. The molecule has 0 saturated heterocycles. The van der Waals surface area contributed by atoms with Crippen molar-refractivity contribution in [3.05, 3.63) is 59.9 Å². The summed E-state index contributed by atoms with van der Waals surface area (Å²) >= 11 is 0. The first-order chi connectivity index (χ1) is 9.35. The molecule has 1 heteroatoms. The van der Waals surface area contributed by atoms with Crippen LogP contribution in [0.3, 0.4) is 0 Å². The quantitative estimate of drug-likeness (QED) is 0.638. The molecule has 0 radical (unpaired) electrons. The molecule has 20 heavy (non-hydrogen) atoms. The summed E-state index contributed by atoms with van der Waals surface area (Å²) in [5, 5.41) is 0. The van der Waals surface area contributed by atoms with Gasteiger partial charge >= 0.3 is 0 Å². The lowest BCUT2D eigenvalue weighted by atomic mass is 9.82. The van der Waals surface area contributed by atoms with E-state index in [9.17, 15) is 4.39 Å². The van der Waals surface area contributed by atoms with Crippen LogP contribution < -0.4 is 0 Å². The van der Waals surface area contributed by atoms with Crippen LogP contribution in [-0.4, -0.2) is 0 Å². The van der Waals surface area contributed by atoms with Crippen molar-refractivity contribution in [2.45, 2.75) is 40.0 Å². The molecule has 2 aromatic rings. The molecule has 0 aliphatic rings. The van der Waals surface area contributed by atoms with E-state index in [4.69, 9.17) is 0 Å². The number of halogens is 1. The third-order valence-corrected chi connectivity index (χ3v) is 3.58. The van der Waals surface area contributed by atoms with Gasteiger partial charge in [-0.2, -0.15) is 0 Å². The van der Waals surface area contributed by atoms with Crippen molar-refractivity contribution in [2.24, 2.45) is 5.41 Å². The predicted molar refractivity (Wildman–Crippen MR) is 84.3 cm³/mol. The van der Waals surface area contributed by atoms with E-state index in [1.165, 1.54) is 24.1 Å². The van der Waals surface area contributed by atoms with Gasteiger partial charge in [0.15, 0.2) is 0 Å². The van der Waals surface area contributed by atoms with E-state index in [0.717, 1.165) is 11.1 Å². The van der Waals surface area contributed by atoms with Crippen molar-refractivity contribution in [1.82, 2.24) is 0 Å². The Morgan fingerprint density at radius 2 is 1.30 bits per heavy atom. The van der Waals surface area contributed by atoms with Crippen LogP contribution >= 0.6 is 0 Å². The molecule has 0 nitrogen and oxygen atoms in total. The van der Waals surface area contributed by atoms with Gasteiger partial charge in [-0.3, -0.25) is 0 Å². The number of benzene rings is 2. The molecular weight excluding hydrogens is 247 g/mol. The maximum atomic E-state index is 12.9. The molecule has 0 aromatic heterocycles. The molecule has 0 saturated carbocycles. The van der Waals surface area contributed by atoms with Gasteiger partial charge < -0.3 is 0 Å². The molecule has 1 unspecified atom stereocenters. The van der Waals surface area contributed by atoms with Gasteiger partial charge in [-0.15, -0.1) is 0 Å². The molecule has 2 rings (SSSR count). The first-order valence-electron chi connectivity index (χ1n) is 7.21. The highest BCUT2D eigenvalue weighted by atomic mass is 19.1. The smallest absolute Gasteiger partial charge is 0.123 e. The zero-order chi connectivity index (χ0) is 14.8. The molecule has 0 heterocycles. The van der Waals surface area contributed by atoms with Crippen LogP contribution in [0.5, 0.6) is 0 Å². The monoisotopic (exact) mass is 270 g/mol. The van der Waals surface area contributed by atoms with Crippen LogP contribution in [0.25, 0.3) is 11.1 Å². The molecule has 0 bridgehead atoms. The third-order valence-electron chi connectivity index (χ3n) is 3.58. The lowest BCUT2D eigenvalue weighted by Gasteiger charge is -2.23. The minimum Gasteiger partial charge on any atom is -0.207 e. The van der Waals surface area contributed by atoms with Gasteiger partial charge in [0.05, 0.1) is 0 Å². The van der Waals surface area contributed by atoms with Crippen LogP contribution in [0, 0.1) is 11.2 Å². The summed E-state index contributed by atoms with van der Waals surface area (Å²) in [6, 6.07) is 15.3. The normalized spacial score (nSPS) is 13.2. The minimum atomic E-state index is -0.191. The maximum absolute atomic E-state index is 12.9. The fourth-order valence-electron chi connectivity index (χ4n) is 2.68. The summed E-state index contributed by atoms with van der Waals surface area (Å²) in [6.45, 7) is 9.10. The number of hydrogen-bond donors (Lipinski definition) is 0. The second kappa shape index (κ2) is 5.78. The average Bonchev–Trinajstić information content (AvgIpc) is 2.38. The molecule has 0 N–H and O–H groups in total. The summed E-state index contributed by atoms with van der Waals surface area (Å²) < 4.78 is 12.9. The van der Waals surface area contributed by atoms with Gasteiger partial charge in [-0.25, -0.2) is 4.39 Å². The van der Waals surface area contributed by atoms with E-state index >= 15 is 0 Å². The molecule has 1 atom stereocenters. The molecule has 0 amide bonds. The molecule has 0 aliphatic carbocycles. The van der Waals surface area contributed by atoms with Crippen molar-refractivity contribution in [3.8, 4) is 11.1 Å². The first kappa shape index (κ1) is 14.8. The first-order valence-corrected chi connectivity index (χ1v) is 7.21. The second-order valence-electron chi connectivity index (χ2n) is 6.79. The largest absolute Gasteiger partial charge is 0.207 e. The SMILES string of the molecule is CC(CC(C)(C)C)c1ccc(-c2ccc(F)cc2)cc1. The zero-order valence-corrected chi connectivity index (χ0v) is 12.8. The van der Waals surface area contributed by atoms with Crippen LogP contribution in [0.4, 0.5) is 4.39 Å². The van der Waals surface area contributed by atoms with E-state index in [1.54, 1.807) is 0 Å². The van der Waals surface area contributed by atoms with Gasteiger partial charge in [0.1, 0.15) is 5.82 Å². The van der Waals surface area contributed by atoms with Crippen LogP contribution in [0.15, 0.2) is 48.5 Å². The van der Waals surface area contributed by atoms with Gasteiger partial charge in [-0.05, 0) is 46.6 Å². The van der Waals surface area contributed by atoms with Gasteiger partial charge in [-0.1, -0.05) is 64.1 Å². The van der Waals surface area contributed by atoms with E-state index in [0.29, 0.717) is 11.3 Å². The highest BCUT2D eigenvalue weighted by molar-refractivity contribution is 5.63. The summed E-state index contributed by atoms with van der Waals surface area (Å²) in [5.41, 5.74) is 3.90. The summed E-state index contributed by atoms with van der Waals surface area (Å²) in [4.78, 5) is 0. The molecule has 2 aromatic carbocycles. The minimum absolute atomic E-state index is 0.191. The fraction of sp³-hybridized carbons (Fsp3) is 0.368. The lowest BCUT2D eigenvalue weighted by molar-refractivity contribution is 0.349. The number of rotatable bonds is 3. The van der Waals surface area contributed by atoms with Gasteiger partial charge in [0.25, 0.3) is 0 Å². The van der Waals surface area contributed by atoms with Crippen molar-refractivity contribution in [2.75, 3.05) is 0 Å².